The van der Waals surface area contributed by atoms with E-state index in [1.54, 1.807) is 0 Å². The van der Waals surface area contributed by atoms with Crippen molar-refractivity contribution < 1.29 is 9.32 Å². The second-order valence-corrected chi connectivity index (χ2v) is 7.14. The number of carbonyl (C=O) groups excluding carboxylic acids is 1. The molecule has 0 atom stereocenters. The van der Waals surface area contributed by atoms with Crippen LogP contribution in [0.15, 0.2) is 34.2 Å². The first-order chi connectivity index (χ1) is 11.6. The number of benzene rings is 1. The molecule has 1 N–H and O–H groups in total. The Balaban J connectivity index is 1.58. The number of nitrogens with one attached hydrogen (secondary N) is 1. The average molecular weight is 339 g/mol. The number of thiophene rings is 1. The first-order valence-electron chi connectivity index (χ1n) is 7.91. The van der Waals surface area contributed by atoms with Gasteiger partial charge in [-0.15, -0.1) is 11.3 Å². The van der Waals surface area contributed by atoms with Gasteiger partial charge in [-0.25, -0.2) is 0 Å². The zero-order chi connectivity index (χ0) is 16.7. The summed E-state index contributed by atoms with van der Waals surface area (Å²) in [5, 5.41) is 8.91. The molecule has 1 saturated carbocycles. The second-order valence-electron chi connectivity index (χ2n) is 6.23. The Morgan fingerprint density at radius 1 is 1.25 bits per heavy atom. The third-order valence-electron chi connectivity index (χ3n) is 3.98. The molecule has 4 rings (SSSR count). The van der Waals surface area contributed by atoms with Crippen molar-refractivity contribution in [3.8, 4) is 10.8 Å². The van der Waals surface area contributed by atoms with Crippen molar-refractivity contribution in [3.05, 3.63) is 52.2 Å². The van der Waals surface area contributed by atoms with Crippen molar-refractivity contribution in [2.24, 2.45) is 0 Å². The zero-order valence-corrected chi connectivity index (χ0v) is 14.3. The van der Waals surface area contributed by atoms with Crippen LogP contribution >= 0.6 is 11.3 Å². The molecule has 2 aromatic heterocycles. The number of nitrogens with zero attached hydrogens (tertiary/aromatic N) is 2. The Morgan fingerprint density at radius 2 is 2.00 bits per heavy atom. The van der Waals surface area contributed by atoms with Gasteiger partial charge < -0.3 is 9.84 Å². The van der Waals surface area contributed by atoms with Crippen LogP contribution in [0.5, 0.6) is 0 Å². The summed E-state index contributed by atoms with van der Waals surface area (Å²) in [5.41, 5.74) is 3.48. The summed E-state index contributed by atoms with van der Waals surface area (Å²) in [6, 6.07) is 7.67. The predicted molar refractivity (Wildman–Crippen MR) is 93.5 cm³/mol. The van der Waals surface area contributed by atoms with E-state index in [4.69, 9.17) is 4.52 Å². The van der Waals surface area contributed by atoms with E-state index < -0.39 is 0 Å². The number of amides is 1. The van der Waals surface area contributed by atoms with E-state index in [9.17, 15) is 4.79 Å². The molecule has 0 unspecified atom stereocenters. The minimum absolute atomic E-state index is 0.136. The number of carbonyl (C=O) groups is 1. The van der Waals surface area contributed by atoms with Crippen molar-refractivity contribution >= 4 is 22.9 Å². The summed E-state index contributed by atoms with van der Waals surface area (Å²) in [7, 11) is 0. The highest BCUT2D eigenvalue weighted by molar-refractivity contribution is 7.14. The first kappa shape index (κ1) is 15.1. The van der Waals surface area contributed by atoms with Gasteiger partial charge in [-0.1, -0.05) is 22.3 Å². The Bertz CT molecular complexity index is 888. The lowest BCUT2D eigenvalue weighted by atomic mass is 10.1. The molecule has 24 heavy (non-hydrogen) atoms. The molecule has 1 aromatic carbocycles. The Hall–Kier alpha value is -2.47. The van der Waals surface area contributed by atoms with Crippen molar-refractivity contribution in [2.45, 2.75) is 32.6 Å². The lowest BCUT2D eigenvalue weighted by Crippen LogP contribution is -2.12. The lowest BCUT2D eigenvalue weighted by molar-refractivity contribution is 0.102. The Kier molecular flexibility index (Phi) is 3.69. The third-order valence-corrected chi connectivity index (χ3v) is 4.88. The minimum Gasteiger partial charge on any atom is -0.333 e. The van der Waals surface area contributed by atoms with Crippen LogP contribution in [0.1, 0.15) is 46.1 Å². The quantitative estimate of drug-likeness (QED) is 0.757. The number of anilines is 1. The Morgan fingerprint density at radius 3 is 2.71 bits per heavy atom. The van der Waals surface area contributed by atoms with Gasteiger partial charge in [0.25, 0.3) is 11.8 Å². The molecule has 0 saturated heterocycles. The molecule has 1 aliphatic rings. The van der Waals surface area contributed by atoms with Gasteiger partial charge in [-0.3, -0.25) is 4.79 Å². The van der Waals surface area contributed by atoms with Gasteiger partial charge in [-0.05, 0) is 50.3 Å². The van der Waals surface area contributed by atoms with Crippen molar-refractivity contribution in [1.29, 1.82) is 0 Å². The minimum atomic E-state index is -0.136. The van der Waals surface area contributed by atoms with Gasteiger partial charge in [0.2, 0.25) is 0 Å². The number of hydrogen-bond donors (Lipinski definition) is 1. The average Bonchev–Trinajstić information content (AvgIpc) is 3.09. The molecule has 5 nitrogen and oxygen atoms in total. The normalized spacial score (nSPS) is 13.9. The monoisotopic (exact) mass is 339 g/mol. The molecule has 1 fully saturated rings. The Labute approximate surface area is 143 Å². The van der Waals surface area contributed by atoms with Crippen LogP contribution in [0.25, 0.3) is 10.8 Å². The number of aryl methyl sites for hydroxylation is 2. The SMILES string of the molecule is Cc1cc(C)cc(C(=O)Nc2ccsc2-c2nc(C3CC3)no2)c1. The van der Waals surface area contributed by atoms with E-state index in [0.717, 1.165) is 34.7 Å². The fourth-order valence-corrected chi connectivity index (χ4v) is 3.48. The molecular formula is C18H17N3O2S. The molecule has 2 heterocycles. The molecule has 0 radical (unpaired) electrons. The molecule has 1 amide bonds. The highest BCUT2D eigenvalue weighted by Gasteiger charge is 2.29. The van der Waals surface area contributed by atoms with Crippen molar-refractivity contribution in [1.82, 2.24) is 10.1 Å². The van der Waals surface area contributed by atoms with E-state index in [2.05, 4.69) is 15.5 Å². The molecule has 3 aromatic rings. The van der Waals surface area contributed by atoms with E-state index in [1.807, 2.05) is 43.5 Å². The lowest BCUT2D eigenvalue weighted by Gasteiger charge is -2.07. The van der Waals surface area contributed by atoms with E-state index in [-0.39, 0.29) is 5.91 Å². The molecule has 0 aliphatic heterocycles. The third kappa shape index (κ3) is 2.97. The summed E-state index contributed by atoms with van der Waals surface area (Å²) in [5.74, 6) is 1.55. The maximum Gasteiger partial charge on any atom is 0.270 e. The molecule has 122 valence electrons. The maximum atomic E-state index is 12.6. The largest absolute Gasteiger partial charge is 0.333 e. The molecular weight excluding hydrogens is 322 g/mol. The first-order valence-corrected chi connectivity index (χ1v) is 8.79. The predicted octanol–water partition coefficient (Wildman–Crippen LogP) is 4.54. The van der Waals surface area contributed by atoms with E-state index >= 15 is 0 Å². The summed E-state index contributed by atoms with van der Waals surface area (Å²) in [4.78, 5) is 17.8. The molecule has 0 bridgehead atoms. The van der Waals surface area contributed by atoms with Crippen LogP contribution in [-0.4, -0.2) is 16.0 Å². The summed E-state index contributed by atoms with van der Waals surface area (Å²) >= 11 is 1.48. The van der Waals surface area contributed by atoms with Gasteiger partial charge >= 0.3 is 0 Å². The molecule has 0 spiro atoms. The van der Waals surface area contributed by atoms with Crippen LogP contribution in [0, 0.1) is 13.8 Å². The van der Waals surface area contributed by atoms with Gasteiger partial charge in [0.1, 0.15) is 4.88 Å². The van der Waals surface area contributed by atoms with Crippen LogP contribution in [0.4, 0.5) is 5.69 Å². The van der Waals surface area contributed by atoms with Gasteiger partial charge in [-0.2, -0.15) is 4.98 Å². The van der Waals surface area contributed by atoms with Gasteiger partial charge in [0.15, 0.2) is 5.82 Å². The van der Waals surface area contributed by atoms with Crippen LogP contribution in [0.3, 0.4) is 0 Å². The standard InChI is InChI=1S/C18H17N3O2S/c1-10-7-11(2)9-13(8-10)17(22)19-14-5-6-24-15(14)18-20-16(21-23-18)12-3-4-12/h5-9,12H,3-4H2,1-2H3,(H,19,22). The summed E-state index contributed by atoms with van der Waals surface area (Å²) < 4.78 is 5.37. The number of hydrogen-bond acceptors (Lipinski definition) is 5. The zero-order valence-electron chi connectivity index (χ0n) is 13.5. The molecule has 6 heteroatoms. The maximum absolute atomic E-state index is 12.6. The fourth-order valence-electron chi connectivity index (χ4n) is 2.71. The van der Waals surface area contributed by atoms with Crippen molar-refractivity contribution in [2.75, 3.05) is 5.32 Å². The smallest absolute Gasteiger partial charge is 0.270 e. The van der Waals surface area contributed by atoms with Crippen LogP contribution in [-0.2, 0) is 0 Å². The fraction of sp³-hybridized carbons (Fsp3) is 0.278. The van der Waals surface area contributed by atoms with Crippen LogP contribution < -0.4 is 5.32 Å². The topological polar surface area (TPSA) is 68.0 Å². The molecule has 1 aliphatic carbocycles. The summed E-state index contributed by atoms with van der Waals surface area (Å²) in [6.45, 7) is 3.97. The number of rotatable bonds is 4. The van der Waals surface area contributed by atoms with Gasteiger partial charge in [0, 0.05) is 11.5 Å². The second kappa shape index (κ2) is 5.87. The van der Waals surface area contributed by atoms with Crippen LogP contribution in [0.2, 0.25) is 0 Å². The van der Waals surface area contributed by atoms with Crippen molar-refractivity contribution in [3.63, 3.8) is 0 Å². The highest BCUT2D eigenvalue weighted by atomic mass is 32.1. The van der Waals surface area contributed by atoms with E-state index in [0.29, 0.717) is 23.1 Å². The van der Waals surface area contributed by atoms with E-state index in [1.165, 1.54) is 11.3 Å². The number of aromatic nitrogens is 2. The highest BCUT2D eigenvalue weighted by Crippen LogP contribution is 2.40. The summed E-state index contributed by atoms with van der Waals surface area (Å²) in [6.07, 6.45) is 2.25. The van der Waals surface area contributed by atoms with Gasteiger partial charge in [0.05, 0.1) is 5.69 Å².